The molecule has 0 radical (unpaired) electrons. The first-order valence-electron chi connectivity index (χ1n) is 5.68. The molecule has 20 heavy (non-hydrogen) atoms. The number of aliphatic hydroxyl groups excluding tert-OH is 5. The van der Waals surface area contributed by atoms with E-state index in [1.54, 1.807) is 0 Å². The summed E-state index contributed by atoms with van der Waals surface area (Å²) in [6.07, 6.45) is -7.12. The van der Waals surface area contributed by atoms with Crippen LogP contribution < -0.4 is 0 Å². The number of hydrogen-bond acceptors (Lipinski definition) is 8. The van der Waals surface area contributed by atoms with Gasteiger partial charge in [0.05, 0.1) is 25.8 Å². The van der Waals surface area contributed by atoms with Gasteiger partial charge in [0.2, 0.25) is 0 Å². The summed E-state index contributed by atoms with van der Waals surface area (Å²) in [7, 11) is 0. The summed E-state index contributed by atoms with van der Waals surface area (Å²) < 4.78 is 0. The number of carbonyl (C=O) groups is 2. The normalized spacial score (nSPS) is 17.5. The van der Waals surface area contributed by atoms with Crippen LogP contribution in [0.1, 0.15) is 0 Å². The number of carboxylic acids is 2. The fourth-order valence-electron chi connectivity index (χ4n) is 1.50. The molecule has 0 rings (SSSR count). The van der Waals surface area contributed by atoms with Gasteiger partial charge in [-0.2, -0.15) is 0 Å². The molecule has 0 bridgehead atoms. The largest absolute Gasteiger partial charge is 0.480 e. The Morgan fingerprint density at radius 3 is 1.60 bits per heavy atom. The number of aliphatic carboxylic acids is 2. The van der Waals surface area contributed by atoms with Crippen LogP contribution in [0.4, 0.5) is 0 Å². The van der Waals surface area contributed by atoms with E-state index in [1.807, 2.05) is 0 Å². The summed E-state index contributed by atoms with van der Waals surface area (Å²) in [4.78, 5) is 21.9. The summed E-state index contributed by atoms with van der Waals surface area (Å²) in [5.41, 5.74) is 0. The lowest BCUT2D eigenvalue weighted by Gasteiger charge is -2.28. The highest BCUT2D eigenvalue weighted by molar-refractivity contribution is 5.72. The lowest BCUT2D eigenvalue weighted by molar-refractivity contribution is -0.145. The molecule has 0 aromatic carbocycles. The fourth-order valence-corrected chi connectivity index (χ4v) is 1.50. The third-order valence-electron chi connectivity index (χ3n) is 2.49. The number of aliphatic hydroxyl groups is 5. The molecule has 0 aliphatic carbocycles. The monoisotopic (exact) mass is 297 g/mol. The second-order valence-electron chi connectivity index (χ2n) is 4.26. The minimum atomic E-state index is -1.87. The second kappa shape index (κ2) is 8.79. The van der Waals surface area contributed by atoms with Gasteiger partial charge in [-0.15, -0.1) is 0 Å². The number of hydrogen-bond donors (Lipinski definition) is 7. The van der Waals surface area contributed by atoms with Crippen molar-refractivity contribution in [3.05, 3.63) is 0 Å². The summed E-state index contributed by atoms with van der Waals surface area (Å²) in [6.45, 7) is -2.77. The van der Waals surface area contributed by atoms with Gasteiger partial charge in [-0.25, -0.2) is 0 Å². The van der Waals surface area contributed by atoms with Gasteiger partial charge in [-0.3, -0.25) is 14.5 Å². The number of rotatable bonds is 10. The molecule has 0 spiro atoms. The Morgan fingerprint density at radius 1 is 0.850 bits per heavy atom. The van der Waals surface area contributed by atoms with Crippen molar-refractivity contribution in [2.24, 2.45) is 0 Å². The molecule has 118 valence electrons. The van der Waals surface area contributed by atoms with Crippen LogP contribution in [0.2, 0.25) is 0 Å². The number of nitrogens with zero attached hydrogens (tertiary/aromatic N) is 1. The van der Waals surface area contributed by atoms with E-state index < -0.39 is 62.6 Å². The van der Waals surface area contributed by atoms with Crippen molar-refractivity contribution in [2.45, 2.75) is 24.4 Å². The van der Waals surface area contributed by atoms with Crippen molar-refractivity contribution in [1.82, 2.24) is 4.90 Å². The van der Waals surface area contributed by atoms with Crippen molar-refractivity contribution < 1.29 is 45.3 Å². The Balaban J connectivity index is 4.60. The zero-order chi connectivity index (χ0) is 15.9. The standard InChI is InChI=1S/C10H19NO9/c12-4-6(14)10(20)9(19)5(13)1-11(2-7(15)16)3-8(17)18/h5-6,9-10,12-14,19-20H,1-4H2,(H,15,16)(H,17,18)/t5-,6-,9+,10-/m1/s1. The molecule has 0 aromatic rings. The molecule has 0 amide bonds. The minimum absolute atomic E-state index is 0.547. The second-order valence-corrected chi connectivity index (χ2v) is 4.26. The number of carboxylic acid groups (broad SMARTS) is 2. The molecule has 0 saturated carbocycles. The molecule has 0 fully saturated rings. The first kappa shape index (κ1) is 18.7. The lowest BCUT2D eigenvalue weighted by atomic mass is 10.0. The Labute approximate surface area is 114 Å². The quantitative estimate of drug-likeness (QED) is 0.209. The van der Waals surface area contributed by atoms with E-state index in [1.165, 1.54) is 0 Å². The first-order valence-corrected chi connectivity index (χ1v) is 5.68. The van der Waals surface area contributed by atoms with Crippen LogP contribution in [0.15, 0.2) is 0 Å². The van der Waals surface area contributed by atoms with Gasteiger partial charge in [0.15, 0.2) is 0 Å². The van der Waals surface area contributed by atoms with Gasteiger partial charge in [0, 0.05) is 6.54 Å². The van der Waals surface area contributed by atoms with Crippen LogP contribution in [-0.2, 0) is 9.59 Å². The average molecular weight is 297 g/mol. The molecular formula is C10H19NO9. The van der Waals surface area contributed by atoms with Crippen LogP contribution >= 0.6 is 0 Å². The summed E-state index contributed by atoms with van der Waals surface area (Å²) in [6, 6.07) is 0. The molecule has 10 heteroatoms. The summed E-state index contributed by atoms with van der Waals surface area (Å²) >= 11 is 0. The van der Waals surface area contributed by atoms with E-state index in [0.717, 1.165) is 4.90 Å². The van der Waals surface area contributed by atoms with E-state index in [4.69, 9.17) is 20.4 Å². The van der Waals surface area contributed by atoms with Gasteiger partial charge < -0.3 is 35.7 Å². The molecule has 0 saturated heterocycles. The van der Waals surface area contributed by atoms with Crippen molar-refractivity contribution in [3.8, 4) is 0 Å². The van der Waals surface area contributed by atoms with Gasteiger partial charge in [-0.1, -0.05) is 0 Å². The highest BCUT2D eigenvalue weighted by Crippen LogP contribution is 2.07. The van der Waals surface area contributed by atoms with E-state index in [9.17, 15) is 24.9 Å². The first-order chi connectivity index (χ1) is 9.18. The third-order valence-corrected chi connectivity index (χ3v) is 2.49. The Hall–Kier alpha value is -1.30. The maximum Gasteiger partial charge on any atom is 0.317 e. The predicted octanol–water partition coefficient (Wildman–Crippen LogP) is -4.11. The zero-order valence-corrected chi connectivity index (χ0v) is 10.5. The smallest absolute Gasteiger partial charge is 0.317 e. The molecule has 0 heterocycles. The van der Waals surface area contributed by atoms with Gasteiger partial charge in [-0.05, 0) is 0 Å². The van der Waals surface area contributed by atoms with Crippen LogP contribution in [-0.4, -0.2) is 103 Å². The topological polar surface area (TPSA) is 179 Å². The average Bonchev–Trinajstić information content (AvgIpc) is 2.34. The third kappa shape index (κ3) is 6.75. The Bertz CT molecular complexity index is 308. The molecule has 10 nitrogen and oxygen atoms in total. The van der Waals surface area contributed by atoms with Gasteiger partial charge in [0.25, 0.3) is 0 Å². The highest BCUT2D eigenvalue weighted by atomic mass is 16.4. The molecule has 4 atom stereocenters. The van der Waals surface area contributed by atoms with E-state index in [0.29, 0.717) is 0 Å². The van der Waals surface area contributed by atoms with Crippen molar-refractivity contribution in [3.63, 3.8) is 0 Å². The van der Waals surface area contributed by atoms with Crippen molar-refractivity contribution >= 4 is 11.9 Å². The summed E-state index contributed by atoms with van der Waals surface area (Å²) in [5.74, 6) is -2.66. The molecule has 0 aliphatic heterocycles. The maximum absolute atomic E-state index is 10.5. The molecule has 0 aromatic heterocycles. The maximum atomic E-state index is 10.5. The van der Waals surface area contributed by atoms with Gasteiger partial charge >= 0.3 is 11.9 Å². The predicted molar refractivity (Wildman–Crippen MR) is 62.8 cm³/mol. The van der Waals surface area contributed by atoms with Crippen LogP contribution in [0.25, 0.3) is 0 Å². The highest BCUT2D eigenvalue weighted by Gasteiger charge is 2.31. The molecule has 0 unspecified atom stereocenters. The van der Waals surface area contributed by atoms with Gasteiger partial charge in [0.1, 0.15) is 18.3 Å². The van der Waals surface area contributed by atoms with Crippen LogP contribution in [0, 0.1) is 0 Å². The Kier molecular flexibility index (Phi) is 8.22. The van der Waals surface area contributed by atoms with E-state index >= 15 is 0 Å². The molecule has 7 N–H and O–H groups in total. The SMILES string of the molecule is O=C(O)CN(CC(=O)O)C[C@@H](O)[C@H](O)[C@H](O)[C@H](O)CO. The fraction of sp³-hybridized carbons (Fsp3) is 0.800. The van der Waals surface area contributed by atoms with Crippen LogP contribution in [0.3, 0.4) is 0 Å². The lowest BCUT2D eigenvalue weighted by Crippen LogP contribution is -2.51. The van der Waals surface area contributed by atoms with E-state index in [2.05, 4.69) is 0 Å². The van der Waals surface area contributed by atoms with E-state index in [-0.39, 0.29) is 0 Å². The Morgan fingerprint density at radius 2 is 1.25 bits per heavy atom. The molecular weight excluding hydrogens is 278 g/mol. The zero-order valence-electron chi connectivity index (χ0n) is 10.5. The van der Waals surface area contributed by atoms with Crippen molar-refractivity contribution in [2.75, 3.05) is 26.2 Å². The van der Waals surface area contributed by atoms with Crippen molar-refractivity contribution in [1.29, 1.82) is 0 Å². The minimum Gasteiger partial charge on any atom is -0.480 e. The molecule has 0 aliphatic rings. The van der Waals surface area contributed by atoms with Crippen LogP contribution in [0.5, 0.6) is 0 Å². The summed E-state index contributed by atoms with van der Waals surface area (Å²) in [5, 5.41) is 63.3.